The van der Waals surface area contributed by atoms with Crippen LogP contribution < -0.4 is 4.90 Å². The van der Waals surface area contributed by atoms with E-state index in [1.165, 1.54) is 7.11 Å². The Labute approximate surface area is 170 Å². The van der Waals surface area contributed by atoms with Crippen LogP contribution in [0.1, 0.15) is 25.3 Å². The van der Waals surface area contributed by atoms with Crippen LogP contribution >= 0.6 is 0 Å². The third kappa shape index (κ3) is 1.87. The molecule has 1 aromatic carbocycles. The predicted octanol–water partition coefficient (Wildman–Crippen LogP) is 0.767. The number of fused-ring (bicyclic) bond motifs is 1. The van der Waals surface area contributed by atoms with Crippen LogP contribution in [0.3, 0.4) is 0 Å². The first kappa shape index (κ1) is 18.9. The number of methoxy groups -OCH3 is 1. The van der Waals surface area contributed by atoms with Crippen molar-refractivity contribution >= 4 is 11.7 Å². The summed E-state index contributed by atoms with van der Waals surface area (Å²) in [5.74, 6) is -0.685. The zero-order valence-electron chi connectivity index (χ0n) is 17.0. The minimum Gasteiger partial charge on any atom is -0.508 e. The van der Waals surface area contributed by atoms with Crippen LogP contribution in [-0.2, 0) is 14.9 Å². The Kier molecular flexibility index (Phi) is 3.74. The van der Waals surface area contributed by atoms with E-state index in [0.29, 0.717) is 6.42 Å². The third-order valence-electron chi connectivity index (χ3n) is 8.15. The molecule has 5 rings (SSSR count). The van der Waals surface area contributed by atoms with Gasteiger partial charge in [-0.2, -0.15) is 0 Å². The van der Waals surface area contributed by atoms with Gasteiger partial charge in [-0.3, -0.25) is 4.90 Å². The fourth-order valence-electron chi connectivity index (χ4n) is 7.22. The largest absolute Gasteiger partial charge is 0.508 e. The summed E-state index contributed by atoms with van der Waals surface area (Å²) in [5, 5.41) is 33.7. The molecule has 6 atom stereocenters. The van der Waals surface area contributed by atoms with Crippen molar-refractivity contribution in [2.24, 2.45) is 5.41 Å². The molecule has 4 aliphatic rings. The number of rotatable bonds is 2. The Bertz CT molecular complexity index is 918. The van der Waals surface area contributed by atoms with Crippen molar-refractivity contribution in [3.8, 4) is 5.75 Å². The number of aliphatic hydroxyl groups excluding tert-OH is 1. The van der Waals surface area contributed by atoms with Crippen LogP contribution in [0.5, 0.6) is 5.75 Å². The summed E-state index contributed by atoms with van der Waals surface area (Å²) < 4.78 is 5.05. The van der Waals surface area contributed by atoms with E-state index in [9.17, 15) is 20.1 Å². The van der Waals surface area contributed by atoms with Crippen LogP contribution in [0.4, 0.5) is 5.69 Å². The molecule has 1 saturated heterocycles. The second-order valence-corrected chi connectivity index (χ2v) is 8.99. The molecular formula is C22H28N2O5. The predicted molar refractivity (Wildman–Crippen MR) is 107 cm³/mol. The number of benzene rings is 1. The van der Waals surface area contributed by atoms with Gasteiger partial charge in [0.15, 0.2) is 0 Å². The van der Waals surface area contributed by atoms with Gasteiger partial charge >= 0.3 is 5.97 Å². The van der Waals surface area contributed by atoms with E-state index in [1.807, 2.05) is 37.1 Å². The summed E-state index contributed by atoms with van der Waals surface area (Å²) in [6, 6.07) is 4.50. The van der Waals surface area contributed by atoms with Gasteiger partial charge in [-0.25, -0.2) is 4.79 Å². The second-order valence-electron chi connectivity index (χ2n) is 8.99. The molecule has 0 bridgehead atoms. The van der Waals surface area contributed by atoms with Crippen LogP contribution in [-0.4, -0.2) is 77.2 Å². The molecule has 6 unspecified atom stereocenters. The Morgan fingerprint density at radius 1 is 1.34 bits per heavy atom. The number of carbonyl (C=O) groups excluding carboxylic acids is 1. The zero-order valence-corrected chi connectivity index (χ0v) is 17.0. The highest BCUT2D eigenvalue weighted by Crippen LogP contribution is 2.66. The molecule has 2 fully saturated rings. The minimum absolute atomic E-state index is 0.0665. The van der Waals surface area contributed by atoms with Crippen molar-refractivity contribution in [2.75, 3.05) is 32.1 Å². The lowest BCUT2D eigenvalue weighted by molar-refractivity contribution is -0.218. The number of likely N-dealkylation sites (N-methyl/N-ethyl adjacent to an activating group) is 1. The molecule has 7 heteroatoms. The summed E-state index contributed by atoms with van der Waals surface area (Å²) in [6.45, 7) is 3.59. The van der Waals surface area contributed by atoms with Gasteiger partial charge < -0.3 is 25.0 Å². The highest BCUT2D eigenvalue weighted by molar-refractivity contribution is 5.86. The molecule has 7 nitrogen and oxygen atoms in total. The van der Waals surface area contributed by atoms with Gasteiger partial charge in [0.2, 0.25) is 5.60 Å². The monoisotopic (exact) mass is 400 g/mol. The van der Waals surface area contributed by atoms with E-state index in [4.69, 9.17) is 4.74 Å². The van der Waals surface area contributed by atoms with Crippen molar-refractivity contribution in [2.45, 2.75) is 49.0 Å². The third-order valence-corrected chi connectivity index (χ3v) is 8.15. The van der Waals surface area contributed by atoms with Gasteiger partial charge in [0.1, 0.15) is 11.9 Å². The molecule has 1 aromatic rings. The van der Waals surface area contributed by atoms with Gasteiger partial charge in [-0.15, -0.1) is 0 Å². The Hall–Kier alpha value is -2.09. The van der Waals surface area contributed by atoms with Crippen molar-refractivity contribution in [1.29, 1.82) is 0 Å². The number of ether oxygens (including phenoxy) is 1. The lowest BCUT2D eigenvalue weighted by Crippen LogP contribution is -2.80. The molecule has 1 saturated carbocycles. The van der Waals surface area contributed by atoms with Crippen LogP contribution in [0.15, 0.2) is 30.4 Å². The summed E-state index contributed by atoms with van der Waals surface area (Å²) in [6.07, 6.45) is 4.06. The van der Waals surface area contributed by atoms with Gasteiger partial charge in [0.25, 0.3) is 0 Å². The molecule has 3 heterocycles. The smallest absolute Gasteiger partial charge is 0.342 e. The number of phenolic OH excluding ortho intramolecular Hbond substituents is 1. The van der Waals surface area contributed by atoms with Crippen LogP contribution in [0, 0.1) is 5.41 Å². The second kappa shape index (κ2) is 5.74. The number of phenols is 1. The van der Waals surface area contributed by atoms with Gasteiger partial charge in [0.05, 0.1) is 13.2 Å². The van der Waals surface area contributed by atoms with Crippen molar-refractivity contribution in [3.63, 3.8) is 0 Å². The first-order valence-corrected chi connectivity index (χ1v) is 10.3. The fourth-order valence-corrected chi connectivity index (χ4v) is 7.22. The minimum atomic E-state index is -2.11. The number of aromatic hydroxyl groups is 1. The quantitative estimate of drug-likeness (QED) is 0.499. The number of anilines is 1. The van der Waals surface area contributed by atoms with E-state index in [2.05, 4.69) is 4.90 Å². The Morgan fingerprint density at radius 3 is 2.79 bits per heavy atom. The zero-order chi connectivity index (χ0) is 20.8. The molecule has 29 heavy (non-hydrogen) atoms. The number of esters is 1. The van der Waals surface area contributed by atoms with E-state index in [0.717, 1.165) is 30.8 Å². The molecule has 3 N–H and O–H groups in total. The molecule has 1 aliphatic carbocycles. The highest BCUT2D eigenvalue weighted by Gasteiger charge is 2.78. The van der Waals surface area contributed by atoms with Crippen LogP contribution in [0.2, 0.25) is 0 Å². The van der Waals surface area contributed by atoms with E-state index < -0.39 is 34.5 Å². The molecule has 1 spiro atoms. The van der Waals surface area contributed by atoms with Gasteiger partial charge in [-0.05, 0) is 31.0 Å². The SMILES string of the molecule is CCC12C=CCN3CCC4(c5ccc(O)cc5N(C)C4C(O)(C(=O)OC)C1O)C32. The lowest BCUT2D eigenvalue weighted by atomic mass is 9.48. The maximum Gasteiger partial charge on any atom is 0.342 e. The maximum absolute atomic E-state index is 13.1. The van der Waals surface area contributed by atoms with E-state index in [1.54, 1.807) is 12.1 Å². The Balaban J connectivity index is 1.87. The molecule has 0 radical (unpaired) electrons. The highest BCUT2D eigenvalue weighted by atomic mass is 16.5. The summed E-state index contributed by atoms with van der Waals surface area (Å²) in [5.41, 5.74) is -1.66. The van der Waals surface area contributed by atoms with Crippen molar-refractivity contribution < 1.29 is 24.9 Å². The molecule has 156 valence electrons. The molecule has 0 amide bonds. The molecule has 3 aliphatic heterocycles. The topological polar surface area (TPSA) is 93.5 Å². The normalized spacial score (nSPS) is 42.4. The number of hydrogen-bond donors (Lipinski definition) is 3. The van der Waals surface area contributed by atoms with Gasteiger partial charge in [0, 0.05) is 42.2 Å². The lowest BCUT2D eigenvalue weighted by Gasteiger charge is -2.63. The average Bonchev–Trinajstić information content (AvgIpc) is 3.23. The van der Waals surface area contributed by atoms with E-state index in [-0.39, 0.29) is 11.8 Å². The molecule has 0 aromatic heterocycles. The maximum atomic E-state index is 13.1. The first-order valence-electron chi connectivity index (χ1n) is 10.3. The van der Waals surface area contributed by atoms with Gasteiger partial charge in [-0.1, -0.05) is 25.1 Å². The van der Waals surface area contributed by atoms with E-state index >= 15 is 0 Å². The average molecular weight is 400 g/mol. The fraction of sp³-hybridized carbons (Fsp3) is 0.591. The number of carbonyl (C=O) groups is 1. The summed E-state index contributed by atoms with van der Waals surface area (Å²) >= 11 is 0. The standard InChI is InChI=1S/C22H28N2O5/c1-4-20-8-5-10-24-11-9-21(16(20)24)14-7-6-13(25)12-15(14)23(2)17(21)22(28,18(20)26)19(27)29-3/h5-8,12,16-18,25-26,28H,4,9-11H2,1-3H3. The van der Waals surface area contributed by atoms with Crippen molar-refractivity contribution in [1.82, 2.24) is 4.90 Å². The number of aliphatic hydroxyl groups is 2. The first-order chi connectivity index (χ1) is 13.8. The Morgan fingerprint density at radius 2 is 2.10 bits per heavy atom. The molecular weight excluding hydrogens is 372 g/mol. The van der Waals surface area contributed by atoms with Crippen molar-refractivity contribution in [3.05, 3.63) is 35.9 Å². The number of hydrogen-bond acceptors (Lipinski definition) is 7. The summed E-state index contributed by atoms with van der Waals surface area (Å²) in [4.78, 5) is 17.3. The number of nitrogens with zero attached hydrogens (tertiary/aromatic N) is 2. The summed E-state index contributed by atoms with van der Waals surface area (Å²) in [7, 11) is 3.06. The van der Waals surface area contributed by atoms with Crippen LogP contribution in [0.25, 0.3) is 0 Å².